The summed E-state index contributed by atoms with van der Waals surface area (Å²) in [4.78, 5) is 5.96. The van der Waals surface area contributed by atoms with Crippen molar-refractivity contribution in [2.45, 2.75) is 69.1 Å². The molecule has 2 aliphatic carbocycles. The summed E-state index contributed by atoms with van der Waals surface area (Å²) in [5, 5.41) is 0. The number of nitrogens with one attached hydrogen (secondary N) is 1. The highest BCUT2D eigenvalue weighted by atomic mass is 31.1. The van der Waals surface area contributed by atoms with Gasteiger partial charge < -0.3 is 17.3 Å². The molecule has 3 aliphatic rings. The number of halogens is 4. The minimum Gasteiger partial charge on any atom is -0.418 e. The summed E-state index contributed by atoms with van der Waals surface area (Å²) in [6, 6.07) is 0. The summed E-state index contributed by atoms with van der Waals surface area (Å²) in [6.45, 7) is 0. The van der Waals surface area contributed by atoms with Crippen molar-refractivity contribution in [2.75, 3.05) is 13.2 Å². The summed E-state index contributed by atoms with van der Waals surface area (Å²) in [6.07, 6.45) is 19.0. The van der Waals surface area contributed by atoms with E-state index in [4.69, 9.17) is 0 Å². The van der Waals surface area contributed by atoms with Gasteiger partial charge in [0.05, 0.1) is 13.2 Å². The van der Waals surface area contributed by atoms with Gasteiger partial charge in [-0.25, -0.2) is 4.99 Å². The molecule has 1 N–H and O–H groups in total. The van der Waals surface area contributed by atoms with Gasteiger partial charge in [0.15, 0.2) is 0 Å². The van der Waals surface area contributed by atoms with Crippen molar-refractivity contribution in [3.8, 4) is 0 Å². The van der Waals surface area contributed by atoms with E-state index in [-0.39, 0.29) is 7.92 Å². The summed E-state index contributed by atoms with van der Waals surface area (Å²) in [5.74, 6) is 1.38. The third kappa shape index (κ3) is 6.83. The maximum atomic E-state index is 9.75. The quantitative estimate of drug-likeness (QED) is 0.421. The van der Waals surface area contributed by atoms with Crippen molar-refractivity contribution >= 4 is 21.0 Å². The van der Waals surface area contributed by atoms with Crippen LogP contribution in [0.3, 0.4) is 0 Å². The van der Waals surface area contributed by atoms with Crippen molar-refractivity contribution in [1.82, 2.24) is 0 Å². The van der Waals surface area contributed by atoms with Crippen LogP contribution in [0.2, 0.25) is 0 Å². The average Bonchev–Trinajstić information content (AvgIpc) is 3.21. The third-order valence-corrected chi connectivity index (χ3v) is 8.85. The van der Waals surface area contributed by atoms with E-state index in [1.165, 1.54) is 74.7 Å². The van der Waals surface area contributed by atoms with Crippen LogP contribution in [0.5, 0.6) is 0 Å². The Morgan fingerprint density at radius 2 is 1.50 bits per heavy atom. The van der Waals surface area contributed by atoms with Gasteiger partial charge >= 0.3 is 7.25 Å². The summed E-state index contributed by atoms with van der Waals surface area (Å²) < 4.78 is 39.0. The van der Waals surface area contributed by atoms with E-state index >= 15 is 0 Å². The highest BCUT2D eigenvalue weighted by Gasteiger charge is 2.33. The molecular weight excluding hydrogens is 338 g/mol. The maximum absolute atomic E-state index is 9.75. The van der Waals surface area contributed by atoms with Gasteiger partial charge in [-0.3, -0.25) is 4.90 Å². The van der Waals surface area contributed by atoms with Crippen molar-refractivity contribution in [3.05, 3.63) is 12.4 Å². The van der Waals surface area contributed by atoms with Crippen molar-refractivity contribution in [1.29, 1.82) is 0 Å². The number of nitrogens with zero attached hydrogens (tertiary/aromatic N) is 1. The van der Waals surface area contributed by atoms with E-state index < -0.39 is 7.25 Å². The van der Waals surface area contributed by atoms with Crippen LogP contribution in [0, 0.1) is 0 Å². The molecule has 0 aromatic heterocycles. The van der Waals surface area contributed by atoms with Crippen LogP contribution >= 0.6 is 7.92 Å². The highest BCUT2D eigenvalue weighted by molar-refractivity contribution is 7.59. The largest absolute Gasteiger partial charge is 0.673 e. The van der Waals surface area contributed by atoms with Gasteiger partial charge in [-0.05, 0) is 43.2 Å². The van der Waals surface area contributed by atoms with E-state index in [9.17, 15) is 17.3 Å². The lowest BCUT2D eigenvalue weighted by Crippen LogP contribution is -3.06. The molecule has 0 amide bonds. The molecule has 138 valence electrons. The van der Waals surface area contributed by atoms with Crippen LogP contribution < -0.4 is 4.90 Å². The maximum Gasteiger partial charge on any atom is 0.673 e. The van der Waals surface area contributed by atoms with E-state index in [0.29, 0.717) is 0 Å². The third-order valence-electron chi connectivity index (χ3n) is 5.20. The summed E-state index contributed by atoms with van der Waals surface area (Å²) in [5.41, 5.74) is 2.21. The molecule has 0 aromatic rings. The minimum absolute atomic E-state index is 0.280. The monoisotopic (exact) mass is 366 g/mol. The van der Waals surface area contributed by atoms with Gasteiger partial charge in [-0.15, -0.1) is 0 Å². The lowest BCUT2D eigenvalue weighted by atomic mass is 10.3. The first-order valence-corrected chi connectivity index (χ1v) is 10.7. The number of quaternary nitrogens is 1. The van der Waals surface area contributed by atoms with Gasteiger partial charge in [0.1, 0.15) is 6.20 Å². The Balaban J connectivity index is 0.000000368. The molecule has 24 heavy (non-hydrogen) atoms. The zero-order valence-corrected chi connectivity index (χ0v) is 15.3. The number of rotatable bonds is 5. The van der Waals surface area contributed by atoms with Crippen molar-refractivity contribution in [3.63, 3.8) is 0 Å². The first-order valence-electron chi connectivity index (χ1n) is 9.05. The second-order valence-electron chi connectivity index (χ2n) is 6.93. The number of amidine groups is 1. The van der Waals surface area contributed by atoms with Gasteiger partial charge in [-0.2, -0.15) is 0 Å². The smallest absolute Gasteiger partial charge is 0.418 e. The van der Waals surface area contributed by atoms with Crippen LogP contribution in [0.4, 0.5) is 17.3 Å². The Hall–Kier alpha value is -0.415. The molecule has 2 fully saturated rings. The van der Waals surface area contributed by atoms with Gasteiger partial charge in [0, 0.05) is 6.42 Å². The molecule has 1 aliphatic heterocycles. The molecule has 0 aromatic carbocycles. The van der Waals surface area contributed by atoms with Crippen LogP contribution in [0.1, 0.15) is 57.8 Å². The minimum atomic E-state index is -6.00. The Kier molecular flexibility index (Phi) is 7.74. The Labute approximate surface area is 143 Å². The van der Waals surface area contributed by atoms with E-state index in [0.717, 1.165) is 11.3 Å². The Bertz CT molecular complexity index is 422. The van der Waals surface area contributed by atoms with Gasteiger partial charge in [0.25, 0.3) is 0 Å². The predicted octanol–water partition coefficient (Wildman–Crippen LogP) is 4.44. The standard InChI is InChI=1S/C16H27N2P.BF4/c1-18-12-11-17-16(18)10-13-19(14-6-2-3-7-14)15-8-4-5-9-15;2-1(3,4)5/h11-12,14-15H,2-10,13H2,1H3;/q;-1/p+1. The fourth-order valence-electron chi connectivity index (χ4n) is 4.07. The molecule has 0 radical (unpaired) electrons. The fourth-order valence-corrected chi connectivity index (χ4v) is 7.92. The normalized spacial score (nSPS) is 25.2. The molecule has 8 heteroatoms. The fraction of sp³-hybridized carbons (Fsp3) is 0.812. The van der Waals surface area contributed by atoms with Gasteiger partial charge in [0.2, 0.25) is 5.84 Å². The first kappa shape index (κ1) is 19.9. The molecule has 1 atom stereocenters. The van der Waals surface area contributed by atoms with E-state index in [1.54, 1.807) is 0 Å². The zero-order chi connectivity index (χ0) is 17.6. The lowest BCUT2D eigenvalue weighted by molar-refractivity contribution is -0.719. The van der Waals surface area contributed by atoms with Gasteiger partial charge in [-0.1, -0.05) is 33.6 Å². The first-order chi connectivity index (χ1) is 11.3. The summed E-state index contributed by atoms with van der Waals surface area (Å²) >= 11 is 0. The molecule has 0 saturated heterocycles. The summed E-state index contributed by atoms with van der Waals surface area (Å²) in [7, 11) is -3.50. The second kappa shape index (κ2) is 9.33. The number of hydrogen-bond acceptors (Lipinski definition) is 1. The van der Waals surface area contributed by atoms with Crippen LogP contribution in [-0.2, 0) is 0 Å². The van der Waals surface area contributed by atoms with Crippen molar-refractivity contribution < 1.29 is 22.2 Å². The molecule has 2 nitrogen and oxygen atoms in total. The van der Waals surface area contributed by atoms with E-state index in [2.05, 4.69) is 18.2 Å². The number of aliphatic imine (C=N–C) groups is 1. The second-order valence-corrected chi connectivity index (χ2v) is 9.87. The average molecular weight is 366 g/mol. The SMILES string of the molecule is C[NH+]1C=CN=C1CCP(C1CCCC1)C1CCCC1.F[B-](F)(F)F. The molecule has 0 spiro atoms. The van der Waals surface area contributed by atoms with Crippen molar-refractivity contribution in [2.24, 2.45) is 4.99 Å². The predicted molar refractivity (Wildman–Crippen MR) is 94.6 cm³/mol. The molecule has 1 heterocycles. The van der Waals surface area contributed by atoms with Crippen LogP contribution in [0.25, 0.3) is 0 Å². The molecule has 2 saturated carbocycles. The zero-order valence-electron chi connectivity index (χ0n) is 14.4. The highest BCUT2D eigenvalue weighted by Crippen LogP contribution is 2.57. The van der Waals surface area contributed by atoms with E-state index in [1.807, 2.05) is 6.20 Å². The van der Waals surface area contributed by atoms with Crippen LogP contribution in [0.15, 0.2) is 17.4 Å². The number of hydrogen-bond donors (Lipinski definition) is 1. The topological polar surface area (TPSA) is 16.8 Å². The molecule has 3 rings (SSSR count). The molecule has 0 bridgehead atoms. The Morgan fingerprint density at radius 3 is 1.88 bits per heavy atom. The molecular formula is C16H28BF4N2P. The lowest BCUT2D eigenvalue weighted by Gasteiger charge is -2.30. The molecule has 1 unspecified atom stereocenters. The Morgan fingerprint density at radius 1 is 1.04 bits per heavy atom. The van der Waals surface area contributed by atoms with Crippen LogP contribution in [-0.4, -0.2) is 37.6 Å².